The summed E-state index contributed by atoms with van der Waals surface area (Å²) in [5, 5.41) is 3.53. The summed E-state index contributed by atoms with van der Waals surface area (Å²) in [5.41, 5.74) is 5.77. The van der Waals surface area contributed by atoms with Gasteiger partial charge < -0.3 is 11.1 Å². The van der Waals surface area contributed by atoms with Crippen molar-refractivity contribution in [3.8, 4) is 0 Å². The van der Waals surface area contributed by atoms with Crippen molar-refractivity contribution in [2.45, 2.75) is 32.2 Å². The standard InChI is InChI=1S/C10H15N3OS/c1-6-5-12-10(15-6)13-9(14)7-2-3-8(11)4-7/h5,7-8H,2-4,11H2,1H3,(H,12,13,14). The van der Waals surface area contributed by atoms with Gasteiger partial charge in [0.05, 0.1) is 0 Å². The number of hydrogen-bond acceptors (Lipinski definition) is 4. The quantitative estimate of drug-likeness (QED) is 0.801. The molecule has 0 bridgehead atoms. The Morgan fingerprint density at radius 2 is 2.47 bits per heavy atom. The molecule has 1 saturated carbocycles. The molecule has 82 valence electrons. The summed E-state index contributed by atoms with van der Waals surface area (Å²) in [4.78, 5) is 17.0. The second kappa shape index (κ2) is 4.28. The molecule has 1 aliphatic rings. The number of anilines is 1. The third kappa shape index (κ3) is 2.54. The number of carbonyl (C=O) groups is 1. The van der Waals surface area contributed by atoms with Gasteiger partial charge in [-0.05, 0) is 26.2 Å². The maximum Gasteiger partial charge on any atom is 0.229 e. The average Bonchev–Trinajstić information content (AvgIpc) is 2.75. The normalized spacial score (nSPS) is 25.5. The predicted octanol–water partition coefficient (Wildman–Crippen LogP) is 1.52. The fraction of sp³-hybridized carbons (Fsp3) is 0.600. The molecule has 5 heteroatoms. The van der Waals surface area contributed by atoms with Crippen molar-refractivity contribution in [2.75, 3.05) is 5.32 Å². The van der Waals surface area contributed by atoms with Gasteiger partial charge in [0.25, 0.3) is 0 Å². The van der Waals surface area contributed by atoms with E-state index in [4.69, 9.17) is 5.73 Å². The molecule has 3 N–H and O–H groups in total. The van der Waals surface area contributed by atoms with Crippen molar-refractivity contribution in [2.24, 2.45) is 11.7 Å². The minimum absolute atomic E-state index is 0.0669. The van der Waals surface area contributed by atoms with Gasteiger partial charge in [-0.25, -0.2) is 4.98 Å². The Balaban J connectivity index is 1.92. The summed E-state index contributed by atoms with van der Waals surface area (Å²) < 4.78 is 0. The third-order valence-electron chi connectivity index (χ3n) is 2.70. The van der Waals surface area contributed by atoms with Crippen LogP contribution in [-0.2, 0) is 4.79 Å². The number of nitrogens with two attached hydrogens (primary N) is 1. The van der Waals surface area contributed by atoms with Crippen LogP contribution in [0.15, 0.2) is 6.20 Å². The van der Waals surface area contributed by atoms with Crippen molar-refractivity contribution < 1.29 is 4.79 Å². The number of thiazole rings is 1. The van der Waals surface area contributed by atoms with Crippen molar-refractivity contribution in [3.63, 3.8) is 0 Å². The Bertz CT molecular complexity index is 363. The highest BCUT2D eigenvalue weighted by Gasteiger charge is 2.28. The molecule has 1 aliphatic carbocycles. The number of nitrogens with zero attached hydrogens (tertiary/aromatic N) is 1. The predicted molar refractivity (Wildman–Crippen MR) is 60.8 cm³/mol. The van der Waals surface area contributed by atoms with E-state index in [0.29, 0.717) is 5.13 Å². The van der Waals surface area contributed by atoms with E-state index in [1.54, 1.807) is 6.20 Å². The van der Waals surface area contributed by atoms with E-state index >= 15 is 0 Å². The van der Waals surface area contributed by atoms with Crippen LogP contribution in [0.1, 0.15) is 24.1 Å². The Labute approximate surface area is 92.9 Å². The third-order valence-corrected chi connectivity index (χ3v) is 3.52. The summed E-state index contributed by atoms with van der Waals surface area (Å²) in [5.74, 6) is 0.140. The first-order valence-corrected chi connectivity index (χ1v) is 5.95. The highest BCUT2D eigenvalue weighted by Crippen LogP contribution is 2.26. The van der Waals surface area contributed by atoms with Crippen LogP contribution in [0.2, 0.25) is 0 Å². The molecule has 2 unspecified atom stereocenters. The smallest absolute Gasteiger partial charge is 0.229 e. The zero-order valence-electron chi connectivity index (χ0n) is 8.69. The molecule has 0 aromatic carbocycles. The molecule has 0 saturated heterocycles. The van der Waals surface area contributed by atoms with Crippen LogP contribution in [0.3, 0.4) is 0 Å². The number of rotatable bonds is 2. The SMILES string of the molecule is Cc1cnc(NC(=O)C2CCC(N)C2)s1. The second-order valence-corrected chi connectivity index (χ2v) is 5.27. The van der Waals surface area contributed by atoms with E-state index in [0.717, 1.165) is 24.1 Å². The number of amides is 1. The maximum absolute atomic E-state index is 11.8. The van der Waals surface area contributed by atoms with Crippen LogP contribution < -0.4 is 11.1 Å². The fourth-order valence-corrected chi connectivity index (χ4v) is 2.54. The van der Waals surface area contributed by atoms with Crippen LogP contribution in [-0.4, -0.2) is 16.9 Å². The van der Waals surface area contributed by atoms with Crippen LogP contribution >= 0.6 is 11.3 Å². The number of aryl methyl sites for hydroxylation is 1. The molecule has 1 heterocycles. The van der Waals surface area contributed by atoms with E-state index in [1.165, 1.54) is 11.3 Å². The lowest BCUT2D eigenvalue weighted by atomic mass is 10.1. The lowest BCUT2D eigenvalue weighted by Crippen LogP contribution is -2.23. The van der Waals surface area contributed by atoms with E-state index < -0.39 is 0 Å². The maximum atomic E-state index is 11.8. The molecule has 4 nitrogen and oxygen atoms in total. The molecular formula is C10H15N3OS. The van der Waals surface area contributed by atoms with Gasteiger partial charge in [-0.2, -0.15) is 0 Å². The first-order valence-electron chi connectivity index (χ1n) is 5.14. The Kier molecular flexibility index (Phi) is 3.02. The number of aromatic nitrogens is 1. The van der Waals surface area contributed by atoms with Gasteiger partial charge in [0.1, 0.15) is 0 Å². The topological polar surface area (TPSA) is 68.0 Å². The van der Waals surface area contributed by atoms with Crippen molar-refractivity contribution >= 4 is 22.4 Å². The molecule has 0 aliphatic heterocycles. The van der Waals surface area contributed by atoms with Gasteiger partial charge in [0.15, 0.2) is 5.13 Å². The average molecular weight is 225 g/mol. The van der Waals surface area contributed by atoms with E-state index in [2.05, 4.69) is 10.3 Å². The van der Waals surface area contributed by atoms with Crippen molar-refractivity contribution in [3.05, 3.63) is 11.1 Å². The Morgan fingerprint density at radius 1 is 1.67 bits per heavy atom. The summed E-state index contributed by atoms with van der Waals surface area (Å²) in [6, 6.07) is 0.193. The molecular weight excluding hydrogens is 210 g/mol. The molecule has 0 radical (unpaired) electrons. The highest BCUT2D eigenvalue weighted by molar-refractivity contribution is 7.15. The first kappa shape index (κ1) is 10.6. The van der Waals surface area contributed by atoms with Crippen LogP contribution in [0.25, 0.3) is 0 Å². The number of carbonyl (C=O) groups excluding carboxylic acids is 1. The Morgan fingerprint density at radius 3 is 3.00 bits per heavy atom. The molecule has 1 aromatic heterocycles. The molecule has 2 atom stereocenters. The van der Waals surface area contributed by atoms with Crippen LogP contribution in [0.4, 0.5) is 5.13 Å². The lowest BCUT2D eigenvalue weighted by Gasteiger charge is -2.07. The van der Waals surface area contributed by atoms with Gasteiger partial charge in [0, 0.05) is 23.0 Å². The van der Waals surface area contributed by atoms with Crippen molar-refractivity contribution in [1.29, 1.82) is 0 Å². The number of hydrogen-bond donors (Lipinski definition) is 2. The molecule has 0 spiro atoms. The fourth-order valence-electron chi connectivity index (χ4n) is 1.87. The molecule has 1 amide bonds. The zero-order chi connectivity index (χ0) is 10.8. The highest BCUT2D eigenvalue weighted by atomic mass is 32.1. The Hall–Kier alpha value is -0.940. The summed E-state index contributed by atoms with van der Waals surface area (Å²) in [6.07, 6.45) is 4.42. The largest absolute Gasteiger partial charge is 0.328 e. The minimum Gasteiger partial charge on any atom is -0.328 e. The van der Waals surface area contributed by atoms with E-state index in [-0.39, 0.29) is 17.9 Å². The molecule has 15 heavy (non-hydrogen) atoms. The van der Waals surface area contributed by atoms with Gasteiger partial charge >= 0.3 is 0 Å². The monoisotopic (exact) mass is 225 g/mol. The summed E-state index contributed by atoms with van der Waals surface area (Å²) in [7, 11) is 0. The second-order valence-electron chi connectivity index (χ2n) is 4.04. The zero-order valence-corrected chi connectivity index (χ0v) is 9.51. The molecule has 2 rings (SSSR count). The number of nitrogens with one attached hydrogen (secondary N) is 1. The summed E-state index contributed by atoms with van der Waals surface area (Å²) >= 11 is 1.50. The minimum atomic E-state index is 0.0669. The van der Waals surface area contributed by atoms with E-state index in [1.807, 2.05) is 6.92 Å². The first-order chi connectivity index (χ1) is 7.15. The lowest BCUT2D eigenvalue weighted by molar-refractivity contribution is -0.119. The van der Waals surface area contributed by atoms with Gasteiger partial charge in [-0.1, -0.05) is 0 Å². The molecule has 1 fully saturated rings. The summed E-state index contributed by atoms with van der Waals surface area (Å²) in [6.45, 7) is 1.97. The van der Waals surface area contributed by atoms with Crippen LogP contribution in [0.5, 0.6) is 0 Å². The van der Waals surface area contributed by atoms with Gasteiger partial charge in [-0.15, -0.1) is 11.3 Å². The van der Waals surface area contributed by atoms with Gasteiger partial charge in [-0.3, -0.25) is 4.79 Å². The van der Waals surface area contributed by atoms with E-state index in [9.17, 15) is 4.79 Å². The van der Waals surface area contributed by atoms with Crippen molar-refractivity contribution in [1.82, 2.24) is 4.98 Å². The molecule has 1 aromatic rings. The van der Waals surface area contributed by atoms with Gasteiger partial charge in [0.2, 0.25) is 5.91 Å². The van der Waals surface area contributed by atoms with Crippen LogP contribution in [0, 0.1) is 12.8 Å².